The molecule has 1 aromatic heterocycles. The number of benzene rings is 1. The van der Waals surface area contributed by atoms with Gasteiger partial charge in [0.1, 0.15) is 5.69 Å². The molecule has 4 rings (SSSR count). The van der Waals surface area contributed by atoms with Gasteiger partial charge in [-0.05, 0) is 58.1 Å². The first kappa shape index (κ1) is 18.6. The van der Waals surface area contributed by atoms with Gasteiger partial charge in [0, 0.05) is 29.9 Å². The highest BCUT2D eigenvalue weighted by Crippen LogP contribution is 2.37. The van der Waals surface area contributed by atoms with Crippen molar-refractivity contribution >= 4 is 11.8 Å². The quantitative estimate of drug-likeness (QED) is 0.891. The summed E-state index contributed by atoms with van der Waals surface area (Å²) in [6, 6.07) is 6.47. The fourth-order valence-electron chi connectivity index (χ4n) is 4.50. The Kier molecular flexibility index (Phi) is 4.87. The Labute approximate surface area is 165 Å². The molecule has 2 aromatic rings. The first-order valence-corrected chi connectivity index (χ1v) is 9.92. The SMILES string of the molecule is Cc1ccc(C)c(C(=O)N2C3CCC2CC(NC(=O)c2cnc(C)cn2)C3)c1. The molecule has 2 bridgehead atoms. The highest BCUT2D eigenvalue weighted by atomic mass is 16.2. The van der Waals surface area contributed by atoms with Gasteiger partial charge >= 0.3 is 0 Å². The van der Waals surface area contributed by atoms with Crippen LogP contribution in [0.5, 0.6) is 0 Å². The highest BCUT2D eigenvalue weighted by molar-refractivity contribution is 5.96. The third kappa shape index (κ3) is 3.51. The normalized spacial score (nSPS) is 23.5. The van der Waals surface area contributed by atoms with E-state index >= 15 is 0 Å². The van der Waals surface area contributed by atoms with Crippen LogP contribution in [0, 0.1) is 20.8 Å². The number of carbonyl (C=O) groups excluding carboxylic acids is 2. The third-order valence-corrected chi connectivity index (χ3v) is 5.94. The Morgan fingerprint density at radius 3 is 2.39 bits per heavy atom. The van der Waals surface area contributed by atoms with Crippen LogP contribution in [0.2, 0.25) is 0 Å². The van der Waals surface area contributed by atoms with E-state index in [0.29, 0.717) is 5.69 Å². The van der Waals surface area contributed by atoms with E-state index in [4.69, 9.17) is 0 Å². The molecule has 0 spiro atoms. The standard InChI is InChI=1S/C22H26N4O2/c1-13-4-5-14(2)19(8-13)22(28)26-17-6-7-18(26)10-16(9-17)25-21(27)20-12-23-15(3)11-24-20/h4-5,8,11-12,16-18H,6-7,9-10H2,1-3H3,(H,25,27). The number of carbonyl (C=O) groups is 2. The van der Waals surface area contributed by atoms with E-state index in [9.17, 15) is 9.59 Å². The summed E-state index contributed by atoms with van der Waals surface area (Å²) < 4.78 is 0. The Morgan fingerprint density at radius 2 is 1.75 bits per heavy atom. The maximum Gasteiger partial charge on any atom is 0.271 e. The second-order valence-electron chi connectivity index (χ2n) is 8.10. The van der Waals surface area contributed by atoms with Crippen LogP contribution in [-0.2, 0) is 0 Å². The molecule has 0 saturated carbocycles. The van der Waals surface area contributed by atoms with Gasteiger partial charge in [-0.3, -0.25) is 14.6 Å². The summed E-state index contributed by atoms with van der Waals surface area (Å²) in [5.74, 6) is -0.0610. The van der Waals surface area contributed by atoms with Gasteiger partial charge in [0.25, 0.3) is 11.8 Å². The number of aromatic nitrogens is 2. The largest absolute Gasteiger partial charge is 0.348 e. The van der Waals surface area contributed by atoms with E-state index in [2.05, 4.69) is 20.2 Å². The number of aryl methyl sites for hydroxylation is 3. The van der Waals surface area contributed by atoms with Crippen molar-refractivity contribution in [3.63, 3.8) is 0 Å². The van der Waals surface area contributed by atoms with Crippen molar-refractivity contribution in [3.8, 4) is 0 Å². The van der Waals surface area contributed by atoms with Crippen LogP contribution in [0.4, 0.5) is 0 Å². The average molecular weight is 378 g/mol. The van der Waals surface area contributed by atoms with E-state index < -0.39 is 0 Å². The van der Waals surface area contributed by atoms with Crippen LogP contribution in [0.25, 0.3) is 0 Å². The van der Waals surface area contributed by atoms with Crippen molar-refractivity contribution < 1.29 is 9.59 Å². The van der Waals surface area contributed by atoms with Gasteiger partial charge in [0.05, 0.1) is 11.9 Å². The maximum atomic E-state index is 13.2. The first-order valence-electron chi connectivity index (χ1n) is 9.92. The second-order valence-corrected chi connectivity index (χ2v) is 8.10. The van der Waals surface area contributed by atoms with Crippen molar-refractivity contribution in [2.45, 2.75) is 64.6 Å². The van der Waals surface area contributed by atoms with Crippen LogP contribution >= 0.6 is 0 Å². The molecule has 2 amide bonds. The van der Waals surface area contributed by atoms with Gasteiger partial charge in [0.2, 0.25) is 0 Å². The molecule has 6 heteroatoms. The Bertz CT molecular complexity index is 895. The van der Waals surface area contributed by atoms with Crippen LogP contribution in [0.15, 0.2) is 30.6 Å². The molecule has 3 heterocycles. The fraction of sp³-hybridized carbons (Fsp3) is 0.455. The van der Waals surface area contributed by atoms with E-state index in [1.54, 1.807) is 6.20 Å². The summed E-state index contributed by atoms with van der Waals surface area (Å²) in [5, 5.41) is 3.10. The lowest BCUT2D eigenvalue weighted by Crippen LogP contribution is -2.52. The number of nitrogens with one attached hydrogen (secondary N) is 1. The van der Waals surface area contributed by atoms with Crippen molar-refractivity contribution in [1.29, 1.82) is 0 Å². The minimum Gasteiger partial charge on any atom is -0.348 e. The van der Waals surface area contributed by atoms with E-state index in [0.717, 1.165) is 48.1 Å². The molecule has 6 nitrogen and oxygen atoms in total. The van der Waals surface area contributed by atoms with Crippen LogP contribution in [-0.4, -0.2) is 44.8 Å². The first-order chi connectivity index (χ1) is 13.4. The molecular weight excluding hydrogens is 352 g/mol. The van der Waals surface area contributed by atoms with Crippen molar-refractivity contribution in [3.05, 3.63) is 58.7 Å². The number of rotatable bonds is 3. The number of nitrogens with zero attached hydrogens (tertiary/aromatic N) is 3. The fourth-order valence-corrected chi connectivity index (χ4v) is 4.50. The molecule has 0 radical (unpaired) electrons. The number of hydrogen-bond acceptors (Lipinski definition) is 4. The maximum absolute atomic E-state index is 13.2. The van der Waals surface area contributed by atoms with E-state index in [1.807, 2.05) is 39.0 Å². The van der Waals surface area contributed by atoms with Crippen molar-refractivity contribution in [2.24, 2.45) is 0 Å². The lowest BCUT2D eigenvalue weighted by molar-refractivity contribution is 0.0548. The van der Waals surface area contributed by atoms with Crippen molar-refractivity contribution in [1.82, 2.24) is 20.2 Å². The molecule has 28 heavy (non-hydrogen) atoms. The van der Waals surface area contributed by atoms with Crippen molar-refractivity contribution in [2.75, 3.05) is 0 Å². The molecule has 1 aromatic carbocycles. The van der Waals surface area contributed by atoms with Gasteiger partial charge < -0.3 is 10.2 Å². The molecule has 1 N–H and O–H groups in total. The van der Waals surface area contributed by atoms with Gasteiger partial charge in [-0.2, -0.15) is 0 Å². The predicted molar refractivity (Wildman–Crippen MR) is 106 cm³/mol. The zero-order chi connectivity index (χ0) is 19.8. The van der Waals surface area contributed by atoms with Gasteiger partial charge in [-0.25, -0.2) is 4.98 Å². The van der Waals surface area contributed by atoms with Gasteiger partial charge in [-0.15, -0.1) is 0 Å². The molecule has 2 atom stereocenters. The summed E-state index contributed by atoms with van der Waals surface area (Å²) in [6.07, 6.45) is 6.69. The number of piperidine rings is 1. The number of fused-ring (bicyclic) bond motifs is 2. The molecule has 146 valence electrons. The van der Waals surface area contributed by atoms with Crippen LogP contribution < -0.4 is 5.32 Å². The Hall–Kier alpha value is -2.76. The Morgan fingerprint density at radius 1 is 1.04 bits per heavy atom. The number of amides is 2. The molecule has 2 unspecified atom stereocenters. The zero-order valence-electron chi connectivity index (χ0n) is 16.6. The lowest BCUT2D eigenvalue weighted by atomic mass is 9.95. The minimum atomic E-state index is -0.189. The summed E-state index contributed by atoms with van der Waals surface area (Å²) in [7, 11) is 0. The van der Waals surface area contributed by atoms with Gasteiger partial charge in [-0.1, -0.05) is 17.7 Å². The Balaban J connectivity index is 1.46. The molecule has 2 saturated heterocycles. The smallest absolute Gasteiger partial charge is 0.271 e. The van der Waals surface area contributed by atoms with Crippen LogP contribution in [0.3, 0.4) is 0 Å². The summed E-state index contributed by atoms with van der Waals surface area (Å²) >= 11 is 0. The molecule has 2 aliphatic heterocycles. The van der Waals surface area contributed by atoms with Gasteiger partial charge in [0.15, 0.2) is 0 Å². The minimum absolute atomic E-state index is 0.0655. The molecule has 2 fully saturated rings. The second kappa shape index (κ2) is 7.34. The van der Waals surface area contributed by atoms with E-state index in [-0.39, 0.29) is 29.9 Å². The predicted octanol–water partition coefficient (Wildman–Crippen LogP) is 2.97. The summed E-state index contributed by atoms with van der Waals surface area (Å²) in [5.41, 5.74) is 4.04. The van der Waals surface area contributed by atoms with E-state index in [1.165, 1.54) is 6.20 Å². The average Bonchev–Trinajstić information content (AvgIpc) is 2.94. The third-order valence-electron chi connectivity index (χ3n) is 5.94. The topological polar surface area (TPSA) is 75.2 Å². The number of hydrogen-bond donors (Lipinski definition) is 1. The summed E-state index contributed by atoms with van der Waals surface area (Å²) in [4.78, 5) is 36.1. The molecule has 0 aliphatic carbocycles. The lowest BCUT2D eigenvalue weighted by Gasteiger charge is -2.39. The highest BCUT2D eigenvalue weighted by Gasteiger charge is 2.44. The molecule has 2 aliphatic rings. The monoisotopic (exact) mass is 378 g/mol. The summed E-state index contributed by atoms with van der Waals surface area (Å²) in [6.45, 7) is 5.85. The zero-order valence-corrected chi connectivity index (χ0v) is 16.6. The molecular formula is C22H26N4O2. The van der Waals surface area contributed by atoms with Crippen LogP contribution in [0.1, 0.15) is 63.4 Å².